The lowest BCUT2D eigenvalue weighted by molar-refractivity contribution is -0.121. The van der Waals surface area contributed by atoms with Crippen molar-refractivity contribution >= 4 is 16.9 Å². The quantitative estimate of drug-likeness (QED) is 0.673. The number of nitrogens with zero attached hydrogens (tertiary/aromatic N) is 2. The standard InChI is InChI=1S/C20H23N3O2/c1-15-22-18-13-16(10-11-19(18)23(15)2)14-21-20(24)9-6-12-25-17-7-4-3-5-8-17/h3-5,7-8,10-11,13H,6,9,12,14H2,1-2H3,(H,21,24). The molecule has 0 bridgehead atoms. The van der Waals surface area contributed by atoms with Gasteiger partial charge in [-0.25, -0.2) is 4.98 Å². The summed E-state index contributed by atoms with van der Waals surface area (Å²) in [6, 6.07) is 15.7. The van der Waals surface area contributed by atoms with Crippen LogP contribution in [-0.2, 0) is 18.4 Å². The van der Waals surface area contributed by atoms with Gasteiger partial charge in [0.25, 0.3) is 0 Å². The van der Waals surface area contributed by atoms with Gasteiger partial charge in [0, 0.05) is 20.0 Å². The molecular weight excluding hydrogens is 314 g/mol. The Balaban J connectivity index is 1.43. The summed E-state index contributed by atoms with van der Waals surface area (Å²) in [5, 5.41) is 2.95. The van der Waals surface area contributed by atoms with Gasteiger partial charge in [-0.3, -0.25) is 4.79 Å². The largest absolute Gasteiger partial charge is 0.494 e. The van der Waals surface area contributed by atoms with Crippen LogP contribution in [0.15, 0.2) is 48.5 Å². The summed E-state index contributed by atoms with van der Waals surface area (Å²) in [6.07, 6.45) is 1.15. The number of nitrogens with one attached hydrogen (secondary N) is 1. The van der Waals surface area contributed by atoms with Crippen molar-refractivity contribution < 1.29 is 9.53 Å². The molecule has 130 valence electrons. The Kier molecular flexibility index (Phi) is 5.33. The van der Waals surface area contributed by atoms with Gasteiger partial charge in [0.1, 0.15) is 11.6 Å². The molecule has 1 N–H and O–H groups in total. The average molecular weight is 337 g/mol. The van der Waals surface area contributed by atoms with E-state index >= 15 is 0 Å². The Bertz CT molecular complexity index is 856. The summed E-state index contributed by atoms with van der Waals surface area (Å²) in [5.41, 5.74) is 3.12. The van der Waals surface area contributed by atoms with E-state index in [0.717, 1.165) is 28.2 Å². The first-order valence-electron chi connectivity index (χ1n) is 8.50. The van der Waals surface area contributed by atoms with Gasteiger partial charge in [0.15, 0.2) is 0 Å². The van der Waals surface area contributed by atoms with Gasteiger partial charge in [0.2, 0.25) is 5.91 Å². The second-order valence-electron chi connectivity index (χ2n) is 6.08. The zero-order valence-corrected chi connectivity index (χ0v) is 14.7. The van der Waals surface area contributed by atoms with Crippen molar-refractivity contribution in [3.05, 3.63) is 59.9 Å². The first-order chi connectivity index (χ1) is 12.1. The van der Waals surface area contributed by atoms with Gasteiger partial charge in [-0.15, -0.1) is 0 Å². The number of aryl methyl sites for hydroxylation is 2. The van der Waals surface area contributed by atoms with Crippen LogP contribution < -0.4 is 10.1 Å². The average Bonchev–Trinajstić information content (AvgIpc) is 2.91. The van der Waals surface area contributed by atoms with Crippen molar-refractivity contribution in [2.75, 3.05) is 6.61 Å². The fraction of sp³-hybridized carbons (Fsp3) is 0.300. The van der Waals surface area contributed by atoms with E-state index in [-0.39, 0.29) is 5.91 Å². The molecule has 0 spiro atoms. The zero-order valence-electron chi connectivity index (χ0n) is 14.7. The molecular formula is C20H23N3O2. The number of para-hydroxylation sites is 1. The highest BCUT2D eigenvalue weighted by atomic mass is 16.5. The Morgan fingerprint density at radius 1 is 1.20 bits per heavy atom. The van der Waals surface area contributed by atoms with Gasteiger partial charge in [0.05, 0.1) is 17.6 Å². The van der Waals surface area contributed by atoms with E-state index in [2.05, 4.69) is 14.9 Å². The molecule has 0 atom stereocenters. The van der Waals surface area contributed by atoms with E-state index in [1.807, 2.05) is 62.5 Å². The summed E-state index contributed by atoms with van der Waals surface area (Å²) in [6.45, 7) is 3.04. The van der Waals surface area contributed by atoms with E-state index in [1.165, 1.54) is 0 Å². The van der Waals surface area contributed by atoms with Crippen LogP contribution >= 0.6 is 0 Å². The molecule has 5 heteroatoms. The molecule has 3 rings (SSSR count). The number of hydrogen-bond acceptors (Lipinski definition) is 3. The number of amides is 1. The molecule has 0 aliphatic heterocycles. The molecule has 3 aromatic rings. The van der Waals surface area contributed by atoms with Crippen molar-refractivity contribution in [1.82, 2.24) is 14.9 Å². The lowest BCUT2D eigenvalue weighted by Gasteiger charge is -2.07. The number of hydrogen-bond donors (Lipinski definition) is 1. The van der Waals surface area contributed by atoms with Crippen LogP contribution in [0.25, 0.3) is 11.0 Å². The summed E-state index contributed by atoms with van der Waals surface area (Å²) in [7, 11) is 2.00. The van der Waals surface area contributed by atoms with Gasteiger partial charge in [-0.2, -0.15) is 0 Å². The van der Waals surface area contributed by atoms with Crippen LogP contribution in [-0.4, -0.2) is 22.1 Å². The molecule has 0 saturated carbocycles. The van der Waals surface area contributed by atoms with E-state index in [9.17, 15) is 4.79 Å². The first-order valence-corrected chi connectivity index (χ1v) is 8.50. The molecule has 25 heavy (non-hydrogen) atoms. The maximum Gasteiger partial charge on any atom is 0.220 e. The van der Waals surface area contributed by atoms with Gasteiger partial charge in [-0.1, -0.05) is 24.3 Å². The fourth-order valence-corrected chi connectivity index (χ4v) is 2.70. The third kappa shape index (κ3) is 4.38. The van der Waals surface area contributed by atoms with Crippen LogP contribution in [0, 0.1) is 6.92 Å². The van der Waals surface area contributed by atoms with E-state index in [4.69, 9.17) is 4.74 Å². The van der Waals surface area contributed by atoms with Gasteiger partial charge < -0.3 is 14.6 Å². The highest BCUT2D eigenvalue weighted by Gasteiger charge is 2.06. The monoisotopic (exact) mass is 337 g/mol. The molecule has 1 amide bonds. The maximum absolute atomic E-state index is 12.0. The number of aromatic nitrogens is 2. The number of ether oxygens (including phenoxy) is 1. The summed E-state index contributed by atoms with van der Waals surface area (Å²) >= 11 is 0. The Morgan fingerprint density at radius 3 is 2.80 bits per heavy atom. The molecule has 0 unspecified atom stereocenters. The molecule has 2 aromatic carbocycles. The van der Waals surface area contributed by atoms with Crippen LogP contribution in [0.1, 0.15) is 24.2 Å². The lowest BCUT2D eigenvalue weighted by atomic mass is 10.2. The summed E-state index contributed by atoms with van der Waals surface area (Å²) in [4.78, 5) is 16.5. The van der Waals surface area contributed by atoms with Gasteiger partial charge >= 0.3 is 0 Å². The number of carbonyl (C=O) groups is 1. The number of carbonyl (C=O) groups excluding carboxylic acids is 1. The highest BCUT2D eigenvalue weighted by Crippen LogP contribution is 2.16. The molecule has 1 heterocycles. The molecule has 0 fully saturated rings. The van der Waals surface area contributed by atoms with Crippen LogP contribution in [0.2, 0.25) is 0 Å². The normalized spacial score (nSPS) is 10.8. The van der Waals surface area contributed by atoms with Crippen LogP contribution in [0.3, 0.4) is 0 Å². The van der Waals surface area contributed by atoms with E-state index in [1.54, 1.807) is 0 Å². The van der Waals surface area contributed by atoms with Crippen molar-refractivity contribution in [3.63, 3.8) is 0 Å². The van der Waals surface area contributed by atoms with Crippen molar-refractivity contribution in [2.24, 2.45) is 7.05 Å². The number of imidazole rings is 1. The van der Waals surface area contributed by atoms with Crippen LogP contribution in [0.5, 0.6) is 5.75 Å². The first kappa shape index (κ1) is 17.0. The second-order valence-corrected chi connectivity index (χ2v) is 6.08. The Labute approximate surface area is 147 Å². The van der Waals surface area contributed by atoms with Crippen molar-refractivity contribution in [1.29, 1.82) is 0 Å². The van der Waals surface area contributed by atoms with E-state index < -0.39 is 0 Å². The molecule has 0 saturated heterocycles. The second kappa shape index (κ2) is 7.83. The topological polar surface area (TPSA) is 56.1 Å². The minimum absolute atomic E-state index is 0.0361. The molecule has 0 radical (unpaired) electrons. The fourth-order valence-electron chi connectivity index (χ4n) is 2.70. The number of benzene rings is 2. The third-order valence-electron chi connectivity index (χ3n) is 4.22. The predicted octanol–water partition coefficient (Wildman–Crippen LogP) is 3.36. The summed E-state index contributed by atoms with van der Waals surface area (Å²) in [5.74, 6) is 1.85. The summed E-state index contributed by atoms with van der Waals surface area (Å²) < 4.78 is 7.65. The molecule has 0 aliphatic carbocycles. The minimum Gasteiger partial charge on any atom is -0.494 e. The number of rotatable bonds is 7. The predicted molar refractivity (Wildman–Crippen MR) is 98.5 cm³/mol. The molecule has 1 aromatic heterocycles. The smallest absolute Gasteiger partial charge is 0.220 e. The molecule has 0 aliphatic rings. The highest BCUT2D eigenvalue weighted by molar-refractivity contribution is 5.78. The SMILES string of the molecule is Cc1nc2cc(CNC(=O)CCCOc3ccccc3)ccc2n1C. The maximum atomic E-state index is 12.0. The Hall–Kier alpha value is -2.82. The molecule has 5 nitrogen and oxygen atoms in total. The van der Waals surface area contributed by atoms with E-state index in [0.29, 0.717) is 26.0 Å². The van der Waals surface area contributed by atoms with Gasteiger partial charge in [-0.05, 0) is 43.2 Å². The lowest BCUT2D eigenvalue weighted by Crippen LogP contribution is -2.22. The number of fused-ring (bicyclic) bond motifs is 1. The van der Waals surface area contributed by atoms with Crippen LogP contribution in [0.4, 0.5) is 0 Å². The minimum atomic E-state index is 0.0361. The van der Waals surface area contributed by atoms with Crippen molar-refractivity contribution in [3.8, 4) is 5.75 Å². The Morgan fingerprint density at radius 2 is 2.00 bits per heavy atom. The van der Waals surface area contributed by atoms with Crippen molar-refractivity contribution in [2.45, 2.75) is 26.3 Å². The zero-order chi connectivity index (χ0) is 17.6. The third-order valence-corrected chi connectivity index (χ3v) is 4.22.